The number of allylic oxidation sites excluding steroid dienone is 5. The summed E-state index contributed by atoms with van der Waals surface area (Å²) in [4.78, 5) is 0. The molecule has 2 rings (SSSR count). The highest BCUT2D eigenvalue weighted by molar-refractivity contribution is 5.56. The first kappa shape index (κ1) is 13.3. The molecule has 2 aliphatic carbocycles. The Morgan fingerprint density at radius 3 is 2.44 bits per heavy atom. The van der Waals surface area contributed by atoms with Gasteiger partial charge in [0.1, 0.15) is 0 Å². The van der Waals surface area contributed by atoms with Crippen molar-refractivity contribution in [3.63, 3.8) is 0 Å². The van der Waals surface area contributed by atoms with Crippen molar-refractivity contribution in [3.8, 4) is 0 Å². The molecular weight excluding hydrogens is 192 g/mol. The van der Waals surface area contributed by atoms with Crippen molar-refractivity contribution in [2.45, 2.75) is 66.2 Å². The van der Waals surface area contributed by atoms with E-state index >= 15 is 0 Å². The second-order valence-electron chi connectivity index (χ2n) is 4.58. The molecule has 0 saturated heterocycles. The van der Waals surface area contributed by atoms with Crippen molar-refractivity contribution in [2.75, 3.05) is 0 Å². The summed E-state index contributed by atoms with van der Waals surface area (Å²) in [5.74, 6) is 0. The van der Waals surface area contributed by atoms with Gasteiger partial charge in [0, 0.05) is 0 Å². The highest BCUT2D eigenvalue weighted by Crippen LogP contribution is 2.43. The van der Waals surface area contributed by atoms with E-state index in [9.17, 15) is 0 Å². The zero-order valence-corrected chi connectivity index (χ0v) is 11.4. The van der Waals surface area contributed by atoms with E-state index in [0.717, 1.165) is 6.42 Å². The van der Waals surface area contributed by atoms with Crippen molar-refractivity contribution < 1.29 is 0 Å². The first-order chi connectivity index (χ1) is 7.74. The molecular formula is C16H26. The van der Waals surface area contributed by atoms with Crippen molar-refractivity contribution >= 4 is 0 Å². The molecule has 0 aromatic carbocycles. The topological polar surface area (TPSA) is 0 Å². The molecule has 0 atom stereocenters. The summed E-state index contributed by atoms with van der Waals surface area (Å²) >= 11 is 0. The van der Waals surface area contributed by atoms with Gasteiger partial charge < -0.3 is 0 Å². The van der Waals surface area contributed by atoms with Gasteiger partial charge in [-0.2, -0.15) is 0 Å². The predicted molar refractivity (Wildman–Crippen MR) is 73.6 cm³/mol. The SMILES string of the molecule is C=C(CC)C1=C(C)CC2=C1CCCC2.CC. The van der Waals surface area contributed by atoms with Crippen LogP contribution in [0.3, 0.4) is 0 Å². The molecule has 0 bridgehead atoms. The standard InChI is InChI=1S/C14H20.C2H6/c1-4-10(2)14-11(3)9-12-7-5-6-8-13(12)14;1-2/h2,4-9H2,1,3H3;1-2H3. The van der Waals surface area contributed by atoms with E-state index in [0.29, 0.717) is 0 Å². The molecule has 90 valence electrons. The van der Waals surface area contributed by atoms with Crippen LogP contribution in [0, 0.1) is 0 Å². The van der Waals surface area contributed by atoms with Crippen LogP contribution >= 0.6 is 0 Å². The van der Waals surface area contributed by atoms with Crippen LogP contribution in [-0.2, 0) is 0 Å². The molecule has 2 aliphatic rings. The molecule has 0 aliphatic heterocycles. The largest absolute Gasteiger partial charge is 0.0952 e. The van der Waals surface area contributed by atoms with Gasteiger partial charge in [-0.25, -0.2) is 0 Å². The molecule has 0 unspecified atom stereocenters. The minimum absolute atomic E-state index is 1.10. The summed E-state index contributed by atoms with van der Waals surface area (Å²) in [6.07, 6.45) is 7.77. The summed E-state index contributed by atoms with van der Waals surface area (Å²) in [5.41, 5.74) is 7.86. The summed E-state index contributed by atoms with van der Waals surface area (Å²) in [6.45, 7) is 12.7. The van der Waals surface area contributed by atoms with Gasteiger partial charge in [-0.1, -0.05) is 38.5 Å². The lowest BCUT2D eigenvalue weighted by Gasteiger charge is -2.17. The van der Waals surface area contributed by atoms with E-state index < -0.39 is 0 Å². The van der Waals surface area contributed by atoms with E-state index in [4.69, 9.17) is 0 Å². The highest BCUT2D eigenvalue weighted by Gasteiger charge is 2.24. The van der Waals surface area contributed by atoms with Crippen LogP contribution in [0.1, 0.15) is 66.2 Å². The van der Waals surface area contributed by atoms with Crippen molar-refractivity contribution in [1.29, 1.82) is 0 Å². The Morgan fingerprint density at radius 1 is 1.19 bits per heavy atom. The Kier molecular flexibility index (Phi) is 5.05. The predicted octanol–water partition coefficient (Wildman–Crippen LogP) is 5.57. The molecule has 0 nitrogen and oxygen atoms in total. The second kappa shape index (κ2) is 6.08. The van der Waals surface area contributed by atoms with Crippen LogP contribution in [0.4, 0.5) is 0 Å². The zero-order chi connectivity index (χ0) is 12.1. The fourth-order valence-electron chi connectivity index (χ4n) is 2.82. The van der Waals surface area contributed by atoms with Crippen LogP contribution in [0.15, 0.2) is 34.4 Å². The van der Waals surface area contributed by atoms with Gasteiger partial charge in [0.25, 0.3) is 0 Å². The fourth-order valence-corrected chi connectivity index (χ4v) is 2.82. The van der Waals surface area contributed by atoms with Crippen LogP contribution in [0.5, 0.6) is 0 Å². The maximum absolute atomic E-state index is 4.20. The van der Waals surface area contributed by atoms with Crippen LogP contribution < -0.4 is 0 Å². The van der Waals surface area contributed by atoms with Crippen molar-refractivity contribution in [3.05, 3.63) is 34.4 Å². The summed E-state index contributed by atoms with van der Waals surface area (Å²) in [5, 5.41) is 0. The van der Waals surface area contributed by atoms with Crippen LogP contribution in [-0.4, -0.2) is 0 Å². The molecule has 0 fully saturated rings. The average molecular weight is 218 g/mol. The first-order valence-electron chi connectivity index (χ1n) is 6.83. The molecule has 0 radical (unpaired) electrons. The van der Waals surface area contributed by atoms with Gasteiger partial charge in [-0.15, -0.1) is 0 Å². The number of rotatable bonds is 2. The Hall–Kier alpha value is -0.780. The quantitative estimate of drug-likeness (QED) is 0.568. The number of hydrogen-bond acceptors (Lipinski definition) is 0. The molecule has 0 amide bonds. The molecule has 0 N–H and O–H groups in total. The lowest BCUT2D eigenvalue weighted by atomic mass is 9.88. The summed E-state index contributed by atoms with van der Waals surface area (Å²) in [7, 11) is 0. The van der Waals surface area contributed by atoms with E-state index in [-0.39, 0.29) is 0 Å². The Morgan fingerprint density at radius 2 is 1.81 bits per heavy atom. The average Bonchev–Trinajstić information content (AvgIpc) is 2.66. The third-order valence-electron chi connectivity index (χ3n) is 3.57. The van der Waals surface area contributed by atoms with Gasteiger partial charge in [-0.3, -0.25) is 0 Å². The summed E-state index contributed by atoms with van der Waals surface area (Å²) < 4.78 is 0. The van der Waals surface area contributed by atoms with Gasteiger partial charge in [-0.05, 0) is 62.2 Å². The lowest BCUT2D eigenvalue weighted by molar-refractivity contribution is 0.676. The highest BCUT2D eigenvalue weighted by atomic mass is 14.3. The third kappa shape index (κ3) is 2.48. The normalized spacial score (nSPS) is 19.2. The Bertz CT molecular complexity index is 326. The molecule has 16 heavy (non-hydrogen) atoms. The monoisotopic (exact) mass is 218 g/mol. The molecule has 0 spiro atoms. The minimum atomic E-state index is 1.10. The van der Waals surface area contributed by atoms with Gasteiger partial charge in [0.15, 0.2) is 0 Å². The Balaban J connectivity index is 0.000000606. The summed E-state index contributed by atoms with van der Waals surface area (Å²) in [6, 6.07) is 0. The number of hydrogen-bond donors (Lipinski definition) is 0. The van der Waals surface area contributed by atoms with E-state index in [2.05, 4.69) is 20.4 Å². The second-order valence-corrected chi connectivity index (χ2v) is 4.58. The van der Waals surface area contributed by atoms with E-state index in [1.54, 1.807) is 22.3 Å². The molecule has 0 heteroatoms. The zero-order valence-electron chi connectivity index (χ0n) is 11.4. The van der Waals surface area contributed by atoms with Crippen LogP contribution in [0.25, 0.3) is 0 Å². The smallest absolute Gasteiger partial charge is 0.00960 e. The molecule has 0 saturated carbocycles. The maximum Gasteiger partial charge on any atom is -0.00960 e. The first-order valence-corrected chi connectivity index (χ1v) is 6.83. The van der Waals surface area contributed by atoms with Gasteiger partial charge >= 0.3 is 0 Å². The van der Waals surface area contributed by atoms with E-state index in [1.807, 2.05) is 13.8 Å². The Labute approximate surface area is 101 Å². The molecule has 0 aromatic rings. The fraction of sp³-hybridized carbons (Fsp3) is 0.625. The molecule has 0 heterocycles. The molecule has 0 aromatic heterocycles. The van der Waals surface area contributed by atoms with Gasteiger partial charge in [0.05, 0.1) is 0 Å². The van der Waals surface area contributed by atoms with Gasteiger partial charge in [0.2, 0.25) is 0 Å². The maximum atomic E-state index is 4.20. The van der Waals surface area contributed by atoms with E-state index in [1.165, 1.54) is 37.7 Å². The van der Waals surface area contributed by atoms with Crippen molar-refractivity contribution in [2.24, 2.45) is 0 Å². The lowest BCUT2D eigenvalue weighted by Crippen LogP contribution is -1.98. The van der Waals surface area contributed by atoms with Crippen LogP contribution in [0.2, 0.25) is 0 Å². The minimum Gasteiger partial charge on any atom is -0.0952 e. The van der Waals surface area contributed by atoms with Crippen molar-refractivity contribution in [1.82, 2.24) is 0 Å². The third-order valence-corrected chi connectivity index (χ3v) is 3.57.